The highest BCUT2D eigenvalue weighted by molar-refractivity contribution is 5.71. The molecule has 0 fully saturated rings. The average Bonchev–Trinajstić information content (AvgIpc) is 2.26. The van der Waals surface area contributed by atoms with Crippen LogP contribution in [-0.2, 0) is 4.74 Å². The summed E-state index contributed by atoms with van der Waals surface area (Å²) in [5, 5.41) is 0. The predicted octanol–water partition coefficient (Wildman–Crippen LogP) is 1.31. The van der Waals surface area contributed by atoms with Gasteiger partial charge < -0.3 is 9.47 Å². The second kappa shape index (κ2) is 5.34. The van der Waals surface area contributed by atoms with E-state index < -0.39 is 0 Å². The summed E-state index contributed by atoms with van der Waals surface area (Å²) in [5.41, 5.74) is 0.400. The van der Waals surface area contributed by atoms with Crippen LogP contribution in [0.25, 0.3) is 0 Å². The topological polar surface area (TPSA) is 48.4 Å². The number of nitrogens with zero attached hydrogens (tertiary/aromatic N) is 1. The van der Waals surface area contributed by atoms with Crippen molar-refractivity contribution in [2.45, 2.75) is 13.0 Å². The highest BCUT2D eigenvalue weighted by atomic mass is 16.5. The highest BCUT2D eigenvalue weighted by Gasteiger charge is 2.00. The fourth-order valence-electron chi connectivity index (χ4n) is 0.828. The van der Waals surface area contributed by atoms with Crippen molar-refractivity contribution >= 4 is 6.29 Å². The smallest absolute Gasteiger partial charge is 0.168 e. The zero-order chi connectivity index (χ0) is 10.4. The van der Waals surface area contributed by atoms with Crippen LogP contribution in [0.2, 0.25) is 0 Å². The zero-order valence-corrected chi connectivity index (χ0v) is 8.27. The first kappa shape index (κ1) is 10.7. The molecule has 0 bridgehead atoms. The molecule has 0 spiro atoms. The van der Waals surface area contributed by atoms with E-state index in [1.807, 2.05) is 6.92 Å². The van der Waals surface area contributed by atoms with E-state index in [4.69, 9.17) is 9.47 Å². The molecule has 1 atom stereocenters. The largest absolute Gasteiger partial charge is 0.489 e. The number of carbonyl (C=O) groups is 1. The maximum absolute atomic E-state index is 10.3. The fourth-order valence-corrected chi connectivity index (χ4v) is 0.828. The molecule has 0 N–H and O–H groups in total. The molecule has 0 aliphatic carbocycles. The van der Waals surface area contributed by atoms with Crippen LogP contribution in [-0.4, -0.2) is 31.1 Å². The Labute approximate surface area is 82.9 Å². The minimum absolute atomic E-state index is 0.0424. The van der Waals surface area contributed by atoms with Gasteiger partial charge in [-0.3, -0.25) is 4.79 Å². The van der Waals surface area contributed by atoms with Gasteiger partial charge in [-0.15, -0.1) is 0 Å². The Kier molecular flexibility index (Phi) is 4.07. The van der Waals surface area contributed by atoms with Gasteiger partial charge in [-0.1, -0.05) is 0 Å². The third kappa shape index (κ3) is 3.14. The third-order valence-corrected chi connectivity index (χ3v) is 1.77. The van der Waals surface area contributed by atoms with E-state index in [2.05, 4.69) is 4.98 Å². The number of aldehydes is 1. The number of pyridine rings is 1. The van der Waals surface area contributed by atoms with Crippen molar-refractivity contribution in [3.05, 3.63) is 24.0 Å². The Morgan fingerprint density at radius 1 is 1.57 bits per heavy atom. The molecule has 14 heavy (non-hydrogen) atoms. The average molecular weight is 195 g/mol. The lowest BCUT2D eigenvalue weighted by Crippen LogP contribution is -2.15. The van der Waals surface area contributed by atoms with Crippen LogP contribution in [0.3, 0.4) is 0 Å². The molecule has 4 nitrogen and oxygen atoms in total. The summed E-state index contributed by atoms with van der Waals surface area (Å²) in [4.78, 5) is 14.2. The molecule has 1 rings (SSSR count). The number of carbonyl (C=O) groups excluding carboxylic acids is 1. The first-order valence-corrected chi connectivity index (χ1v) is 4.33. The summed E-state index contributed by atoms with van der Waals surface area (Å²) >= 11 is 0. The summed E-state index contributed by atoms with van der Waals surface area (Å²) < 4.78 is 10.4. The van der Waals surface area contributed by atoms with Gasteiger partial charge in [0.05, 0.1) is 12.3 Å². The molecule has 4 heteroatoms. The van der Waals surface area contributed by atoms with Crippen LogP contribution in [0, 0.1) is 0 Å². The van der Waals surface area contributed by atoms with Crippen molar-refractivity contribution in [1.29, 1.82) is 0 Å². The van der Waals surface area contributed by atoms with Crippen molar-refractivity contribution in [3.8, 4) is 5.75 Å². The molecule has 1 aromatic heterocycles. The number of hydrogen-bond donors (Lipinski definition) is 0. The molecule has 0 aromatic carbocycles. The third-order valence-electron chi connectivity index (χ3n) is 1.77. The van der Waals surface area contributed by atoms with Gasteiger partial charge >= 0.3 is 0 Å². The molecule has 0 amide bonds. The molecule has 0 saturated heterocycles. The van der Waals surface area contributed by atoms with E-state index >= 15 is 0 Å². The molecule has 1 heterocycles. The van der Waals surface area contributed by atoms with Crippen molar-refractivity contribution in [3.63, 3.8) is 0 Å². The highest BCUT2D eigenvalue weighted by Crippen LogP contribution is 2.08. The number of methoxy groups -OCH3 is 1. The van der Waals surface area contributed by atoms with Gasteiger partial charge in [0.1, 0.15) is 18.1 Å². The summed E-state index contributed by atoms with van der Waals surface area (Å²) in [6.07, 6.45) is 2.26. The fraction of sp³-hybridized carbons (Fsp3) is 0.400. The Balaban J connectivity index is 2.47. The standard InChI is InChI=1S/C10H13NO3/c1-8(13-2)7-14-10-4-3-9(6-12)11-5-10/h3-6,8H,7H2,1-2H3/t8-/m0/s1. The lowest BCUT2D eigenvalue weighted by molar-refractivity contribution is 0.0715. The lowest BCUT2D eigenvalue weighted by atomic mass is 10.3. The Hall–Kier alpha value is -1.42. The van der Waals surface area contributed by atoms with Crippen molar-refractivity contribution in [1.82, 2.24) is 4.98 Å². The molecule has 76 valence electrons. The summed E-state index contributed by atoms with van der Waals surface area (Å²) in [7, 11) is 1.63. The summed E-state index contributed by atoms with van der Waals surface area (Å²) in [6, 6.07) is 3.32. The van der Waals surface area contributed by atoms with Gasteiger partial charge in [0.25, 0.3) is 0 Å². The molecule has 0 aliphatic heterocycles. The van der Waals surface area contributed by atoms with Gasteiger partial charge in [-0.2, -0.15) is 0 Å². The van der Waals surface area contributed by atoms with Crippen LogP contribution in [0.15, 0.2) is 18.3 Å². The van der Waals surface area contributed by atoms with Crippen molar-refractivity contribution in [2.75, 3.05) is 13.7 Å². The Bertz CT molecular complexity index is 284. The number of rotatable bonds is 5. The number of hydrogen-bond acceptors (Lipinski definition) is 4. The van der Waals surface area contributed by atoms with E-state index in [9.17, 15) is 4.79 Å². The second-order valence-corrected chi connectivity index (χ2v) is 2.89. The summed E-state index contributed by atoms with van der Waals surface area (Å²) in [5.74, 6) is 0.638. The lowest BCUT2D eigenvalue weighted by Gasteiger charge is -2.10. The minimum atomic E-state index is 0.0424. The maximum atomic E-state index is 10.3. The zero-order valence-electron chi connectivity index (χ0n) is 8.27. The molecule has 0 unspecified atom stereocenters. The van der Waals surface area contributed by atoms with Gasteiger partial charge in [0.2, 0.25) is 0 Å². The predicted molar refractivity (Wildman–Crippen MR) is 51.6 cm³/mol. The van der Waals surface area contributed by atoms with E-state index in [0.29, 0.717) is 24.3 Å². The van der Waals surface area contributed by atoms with E-state index in [0.717, 1.165) is 0 Å². The van der Waals surface area contributed by atoms with Crippen LogP contribution in [0.1, 0.15) is 17.4 Å². The number of ether oxygens (including phenoxy) is 2. The first-order chi connectivity index (χ1) is 6.76. The Morgan fingerprint density at radius 2 is 2.36 bits per heavy atom. The number of aromatic nitrogens is 1. The quantitative estimate of drug-likeness (QED) is 0.664. The molecule has 1 aromatic rings. The van der Waals surface area contributed by atoms with Crippen molar-refractivity contribution in [2.24, 2.45) is 0 Å². The van der Waals surface area contributed by atoms with Crippen LogP contribution in [0.5, 0.6) is 5.75 Å². The molecule has 0 radical (unpaired) electrons. The van der Waals surface area contributed by atoms with Crippen LogP contribution >= 0.6 is 0 Å². The monoisotopic (exact) mass is 195 g/mol. The Morgan fingerprint density at radius 3 is 2.86 bits per heavy atom. The normalized spacial score (nSPS) is 12.1. The van der Waals surface area contributed by atoms with Crippen LogP contribution in [0.4, 0.5) is 0 Å². The maximum Gasteiger partial charge on any atom is 0.168 e. The van der Waals surface area contributed by atoms with Gasteiger partial charge in [0.15, 0.2) is 6.29 Å². The molecule has 0 saturated carbocycles. The first-order valence-electron chi connectivity index (χ1n) is 4.33. The van der Waals surface area contributed by atoms with E-state index in [-0.39, 0.29) is 6.10 Å². The SMILES string of the molecule is CO[C@@H](C)COc1ccc(C=O)nc1. The van der Waals surface area contributed by atoms with E-state index in [1.165, 1.54) is 6.20 Å². The van der Waals surface area contributed by atoms with Gasteiger partial charge in [-0.25, -0.2) is 4.98 Å². The molecule has 0 aliphatic rings. The second-order valence-electron chi connectivity index (χ2n) is 2.89. The molecular formula is C10H13NO3. The van der Waals surface area contributed by atoms with Gasteiger partial charge in [0, 0.05) is 7.11 Å². The van der Waals surface area contributed by atoms with E-state index in [1.54, 1.807) is 19.2 Å². The van der Waals surface area contributed by atoms with Crippen LogP contribution < -0.4 is 4.74 Å². The van der Waals surface area contributed by atoms with Gasteiger partial charge in [-0.05, 0) is 19.1 Å². The van der Waals surface area contributed by atoms with Crippen molar-refractivity contribution < 1.29 is 14.3 Å². The molecular weight excluding hydrogens is 182 g/mol. The summed E-state index contributed by atoms with van der Waals surface area (Å²) in [6.45, 7) is 2.38. The minimum Gasteiger partial charge on any atom is -0.489 e.